The fraction of sp³-hybridized carbons (Fsp3) is 0.158. The van der Waals surface area contributed by atoms with Crippen LogP contribution in [0.1, 0.15) is 39.0 Å². The number of hydrogen-bond acceptors (Lipinski definition) is 7. The van der Waals surface area contributed by atoms with Gasteiger partial charge >= 0.3 is 0 Å². The minimum Gasteiger partial charge on any atom is -0.504 e. The topological polar surface area (TPSA) is 113 Å². The molecule has 1 aromatic carbocycles. The van der Waals surface area contributed by atoms with Gasteiger partial charge in [0.05, 0.1) is 23.2 Å². The molecule has 30 heavy (non-hydrogen) atoms. The fourth-order valence-corrected chi connectivity index (χ4v) is 4.08. The highest BCUT2D eigenvalue weighted by Gasteiger charge is 2.26. The molecule has 4 rings (SSSR count). The molecule has 154 valence electrons. The van der Waals surface area contributed by atoms with Gasteiger partial charge in [0.15, 0.2) is 16.6 Å². The number of carbonyl (C=O) groups excluding carboxylic acids is 2. The van der Waals surface area contributed by atoms with E-state index in [2.05, 4.69) is 20.6 Å². The zero-order chi connectivity index (χ0) is 21.3. The SMILES string of the molecule is O=C(Nc1scnc1C(=O)NC1CCOc2ccccc21)c1cc(Cl)c(O)c(Cl)n1. The molecule has 11 heteroatoms. The van der Waals surface area contributed by atoms with Crippen LogP contribution in [0.15, 0.2) is 35.8 Å². The van der Waals surface area contributed by atoms with Crippen LogP contribution in [0.5, 0.6) is 11.5 Å². The first-order chi connectivity index (χ1) is 14.4. The molecule has 1 unspecified atom stereocenters. The van der Waals surface area contributed by atoms with Gasteiger partial charge in [0.2, 0.25) is 0 Å². The monoisotopic (exact) mass is 464 g/mol. The maximum absolute atomic E-state index is 12.8. The summed E-state index contributed by atoms with van der Waals surface area (Å²) in [7, 11) is 0. The number of thiazole rings is 1. The second-order valence-corrected chi connectivity index (χ2v) is 7.93. The number of aromatic nitrogens is 2. The lowest BCUT2D eigenvalue weighted by Crippen LogP contribution is -2.32. The standard InChI is InChI=1S/C19H14Cl2N4O4S/c20-10-7-12(23-16(21)15(10)26)17(27)25-19-14(22-8-30-19)18(28)24-11-5-6-29-13-4-2-1-3-9(11)13/h1-4,7-8,11,26H,5-6H2,(H,24,28)(H,25,27). The van der Waals surface area contributed by atoms with Gasteiger partial charge in [0.25, 0.3) is 11.8 Å². The molecule has 3 heterocycles. The Morgan fingerprint density at radius 2 is 2.03 bits per heavy atom. The Morgan fingerprint density at radius 1 is 1.23 bits per heavy atom. The smallest absolute Gasteiger partial charge is 0.275 e. The Bertz CT molecular complexity index is 1110. The van der Waals surface area contributed by atoms with E-state index >= 15 is 0 Å². The number of benzene rings is 1. The molecule has 0 bridgehead atoms. The van der Waals surface area contributed by atoms with Gasteiger partial charge < -0.3 is 20.5 Å². The summed E-state index contributed by atoms with van der Waals surface area (Å²) in [5.74, 6) is -0.756. The van der Waals surface area contributed by atoms with Crippen LogP contribution in [0.2, 0.25) is 10.2 Å². The highest BCUT2D eigenvalue weighted by atomic mass is 35.5. The second-order valence-electron chi connectivity index (χ2n) is 6.31. The van der Waals surface area contributed by atoms with E-state index < -0.39 is 17.6 Å². The number of para-hydroxylation sites is 1. The molecule has 0 aliphatic carbocycles. The number of pyridine rings is 1. The van der Waals surface area contributed by atoms with E-state index in [1.165, 1.54) is 11.6 Å². The second kappa shape index (κ2) is 8.47. The van der Waals surface area contributed by atoms with E-state index in [1.807, 2.05) is 24.3 Å². The van der Waals surface area contributed by atoms with Crippen molar-refractivity contribution in [3.05, 3.63) is 63.0 Å². The number of ether oxygens (including phenoxy) is 1. The molecule has 2 aromatic heterocycles. The molecule has 1 aliphatic rings. The molecule has 3 aromatic rings. The zero-order valence-electron chi connectivity index (χ0n) is 15.2. The van der Waals surface area contributed by atoms with Crippen molar-refractivity contribution in [2.75, 3.05) is 11.9 Å². The Hall–Kier alpha value is -2.88. The van der Waals surface area contributed by atoms with Gasteiger partial charge in [-0.3, -0.25) is 9.59 Å². The third kappa shape index (κ3) is 4.04. The lowest BCUT2D eigenvalue weighted by Gasteiger charge is -2.26. The van der Waals surface area contributed by atoms with E-state index in [0.717, 1.165) is 22.6 Å². The van der Waals surface area contributed by atoms with Gasteiger partial charge in [-0.15, -0.1) is 11.3 Å². The van der Waals surface area contributed by atoms with Gasteiger partial charge in [-0.1, -0.05) is 41.4 Å². The summed E-state index contributed by atoms with van der Waals surface area (Å²) in [5.41, 5.74) is 2.30. The third-order valence-corrected chi connectivity index (χ3v) is 5.70. The summed E-state index contributed by atoms with van der Waals surface area (Å²) in [6, 6.07) is 8.44. The third-order valence-electron chi connectivity index (χ3n) is 4.41. The van der Waals surface area contributed by atoms with Gasteiger partial charge in [-0.05, 0) is 12.1 Å². The molecule has 0 radical (unpaired) electrons. The van der Waals surface area contributed by atoms with Crippen molar-refractivity contribution in [2.45, 2.75) is 12.5 Å². The molecule has 1 atom stereocenters. The van der Waals surface area contributed by atoms with Crippen LogP contribution in [0.4, 0.5) is 5.00 Å². The minimum atomic E-state index is -0.645. The number of fused-ring (bicyclic) bond motifs is 1. The Balaban J connectivity index is 1.51. The summed E-state index contributed by atoms with van der Waals surface area (Å²) in [4.78, 5) is 33.2. The number of hydrogen-bond donors (Lipinski definition) is 3. The van der Waals surface area contributed by atoms with E-state index in [4.69, 9.17) is 27.9 Å². The molecule has 0 fully saturated rings. The Labute approximate surface area is 184 Å². The van der Waals surface area contributed by atoms with Crippen molar-refractivity contribution >= 4 is 51.4 Å². The number of rotatable bonds is 4. The number of aromatic hydroxyl groups is 1. The number of nitrogens with one attached hydrogen (secondary N) is 2. The van der Waals surface area contributed by atoms with Crippen LogP contribution < -0.4 is 15.4 Å². The van der Waals surface area contributed by atoms with Crippen LogP contribution in [0.25, 0.3) is 0 Å². The number of nitrogens with zero attached hydrogens (tertiary/aromatic N) is 2. The lowest BCUT2D eigenvalue weighted by molar-refractivity contribution is 0.0921. The van der Waals surface area contributed by atoms with Crippen LogP contribution >= 0.6 is 34.5 Å². The molecule has 0 spiro atoms. The predicted octanol–water partition coefficient (Wildman–Crippen LogP) is 4.06. The number of amides is 2. The summed E-state index contributed by atoms with van der Waals surface area (Å²) in [5, 5.41) is 15.0. The predicted molar refractivity (Wildman–Crippen MR) is 113 cm³/mol. The largest absolute Gasteiger partial charge is 0.504 e. The van der Waals surface area contributed by atoms with Crippen molar-refractivity contribution in [1.29, 1.82) is 0 Å². The summed E-state index contributed by atoms with van der Waals surface area (Å²) < 4.78 is 5.61. The number of halogens is 2. The molecule has 0 saturated heterocycles. The van der Waals surface area contributed by atoms with Gasteiger partial charge in [-0.2, -0.15) is 0 Å². The van der Waals surface area contributed by atoms with Crippen LogP contribution in [-0.2, 0) is 0 Å². The molecule has 1 aliphatic heterocycles. The summed E-state index contributed by atoms with van der Waals surface area (Å²) in [6.45, 7) is 0.483. The quantitative estimate of drug-likeness (QED) is 0.501. The van der Waals surface area contributed by atoms with Crippen molar-refractivity contribution in [2.24, 2.45) is 0 Å². The zero-order valence-corrected chi connectivity index (χ0v) is 17.5. The molecule has 3 N–H and O–H groups in total. The molecular weight excluding hydrogens is 451 g/mol. The van der Waals surface area contributed by atoms with Gasteiger partial charge in [0.1, 0.15) is 16.4 Å². The number of anilines is 1. The van der Waals surface area contributed by atoms with Crippen molar-refractivity contribution in [1.82, 2.24) is 15.3 Å². The lowest BCUT2D eigenvalue weighted by atomic mass is 10.0. The number of carbonyl (C=O) groups is 2. The first kappa shape index (κ1) is 20.4. The van der Waals surface area contributed by atoms with Crippen LogP contribution in [0, 0.1) is 0 Å². The van der Waals surface area contributed by atoms with Crippen LogP contribution in [-0.4, -0.2) is 33.5 Å². The normalized spacial score (nSPS) is 15.1. The summed E-state index contributed by atoms with van der Waals surface area (Å²) >= 11 is 12.7. The molecule has 8 nitrogen and oxygen atoms in total. The van der Waals surface area contributed by atoms with Crippen LogP contribution in [0.3, 0.4) is 0 Å². The Morgan fingerprint density at radius 3 is 2.83 bits per heavy atom. The molecule has 2 amide bonds. The van der Waals surface area contributed by atoms with E-state index in [1.54, 1.807) is 0 Å². The summed E-state index contributed by atoms with van der Waals surface area (Å²) in [6.07, 6.45) is 0.614. The average Bonchev–Trinajstić information content (AvgIpc) is 3.20. The van der Waals surface area contributed by atoms with Crippen molar-refractivity contribution in [3.8, 4) is 11.5 Å². The first-order valence-electron chi connectivity index (χ1n) is 8.76. The van der Waals surface area contributed by atoms with Gasteiger partial charge in [-0.25, -0.2) is 9.97 Å². The highest BCUT2D eigenvalue weighted by molar-refractivity contribution is 7.14. The van der Waals surface area contributed by atoms with E-state index in [9.17, 15) is 14.7 Å². The van der Waals surface area contributed by atoms with E-state index in [0.29, 0.717) is 13.0 Å². The highest BCUT2D eigenvalue weighted by Crippen LogP contribution is 2.33. The molecule has 0 saturated carbocycles. The average molecular weight is 465 g/mol. The molecular formula is C19H14Cl2N4O4S. The first-order valence-corrected chi connectivity index (χ1v) is 10.4. The minimum absolute atomic E-state index is 0.0771. The van der Waals surface area contributed by atoms with Gasteiger partial charge in [0, 0.05) is 12.0 Å². The fourth-order valence-electron chi connectivity index (χ4n) is 2.98. The van der Waals surface area contributed by atoms with Crippen molar-refractivity contribution in [3.63, 3.8) is 0 Å². The van der Waals surface area contributed by atoms with E-state index in [-0.39, 0.29) is 32.6 Å². The maximum atomic E-state index is 12.8. The van der Waals surface area contributed by atoms with Crippen molar-refractivity contribution < 1.29 is 19.4 Å². The Kier molecular flexibility index (Phi) is 5.76. The maximum Gasteiger partial charge on any atom is 0.275 e.